The number of aliphatic hydroxyl groups excluding tert-OH is 1. The van der Waals surface area contributed by atoms with Crippen LogP contribution in [0, 0.1) is 0 Å². The van der Waals surface area contributed by atoms with Crippen LogP contribution in [0.25, 0.3) is 6.08 Å². The number of aliphatic hydroxyl groups is 1. The molecule has 1 amide bonds. The van der Waals surface area contributed by atoms with Gasteiger partial charge in [-0.1, -0.05) is 48.2 Å². The number of carbonyl (C=O) groups is 1. The summed E-state index contributed by atoms with van der Waals surface area (Å²) in [4.78, 5) is 12.2. The normalized spacial score (nSPS) is 15.8. The lowest BCUT2D eigenvalue weighted by molar-refractivity contribution is -0.115. The minimum absolute atomic E-state index is 0.0126. The molecule has 116 valence electrons. The molecule has 1 heterocycles. The molecule has 2 aromatic carbocycles. The fraction of sp³-hybridized carbons (Fsp3) is 0.0588. The first-order valence-electron chi connectivity index (χ1n) is 6.86. The van der Waals surface area contributed by atoms with Crippen molar-refractivity contribution in [2.24, 2.45) is 0 Å². The first-order valence-corrected chi connectivity index (χ1v) is 8.09. The third-order valence-corrected chi connectivity index (χ3v) is 4.32. The predicted octanol–water partition coefficient (Wildman–Crippen LogP) is 3.46. The maximum Gasteiger partial charge on any atom is 0.263 e. The maximum absolute atomic E-state index is 11.6. The van der Waals surface area contributed by atoms with E-state index in [0.717, 1.165) is 11.1 Å². The van der Waals surface area contributed by atoms with Gasteiger partial charge in [0.15, 0.2) is 0 Å². The number of amides is 1. The van der Waals surface area contributed by atoms with Crippen LogP contribution in [0.4, 0.5) is 0 Å². The van der Waals surface area contributed by atoms with Crippen molar-refractivity contribution in [2.75, 3.05) is 0 Å². The minimum atomic E-state index is -0.163. The number of hydrogen-bond acceptors (Lipinski definition) is 5. The molecule has 0 radical (unpaired) electrons. The Morgan fingerprint density at radius 1 is 1.09 bits per heavy atom. The van der Waals surface area contributed by atoms with Crippen LogP contribution in [0.5, 0.6) is 11.5 Å². The van der Waals surface area contributed by atoms with Crippen LogP contribution >= 0.6 is 24.0 Å². The Hall–Kier alpha value is -2.15. The van der Waals surface area contributed by atoms with E-state index in [1.54, 1.807) is 6.08 Å². The molecular formula is C17H13NO3S2. The van der Waals surface area contributed by atoms with Gasteiger partial charge >= 0.3 is 0 Å². The molecule has 1 saturated heterocycles. The summed E-state index contributed by atoms with van der Waals surface area (Å²) in [5, 5.41) is 11.6. The molecule has 2 aromatic rings. The van der Waals surface area contributed by atoms with Gasteiger partial charge in [-0.15, -0.1) is 0 Å². The van der Waals surface area contributed by atoms with E-state index in [0.29, 0.717) is 20.7 Å². The zero-order chi connectivity index (χ0) is 16.2. The molecular weight excluding hydrogens is 330 g/mol. The zero-order valence-electron chi connectivity index (χ0n) is 12.0. The highest BCUT2D eigenvalue weighted by molar-refractivity contribution is 8.26. The second-order valence-electron chi connectivity index (χ2n) is 4.83. The standard InChI is InChI=1S/C17H13NO3S2/c19-10-12-3-7-14(8-4-12)21-13-5-1-11(2-6-13)9-15-16(20)18-17(22)23-15/h1-9,19H,10H2,(H,18,20,22). The Kier molecular flexibility index (Phi) is 4.76. The summed E-state index contributed by atoms with van der Waals surface area (Å²) in [5.74, 6) is 1.23. The van der Waals surface area contributed by atoms with Crippen molar-refractivity contribution in [1.82, 2.24) is 5.32 Å². The number of carbonyl (C=O) groups excluding carboxylic acids is 1. The van der Waals surface area contributed by atoms with Crippen molar-refractivity contribution in [3.8, 4) is 11.5 Å². The third kappa shape index (κ3) is 3.98. The first-order chi connectivity index (χ1) is 11.1. The molecule has 0 atom stereocenters. The molecule has 1 fully saturated rings. The monoisotopic (exact) mass is 343 g/mol. The van der Waals surface area contributed by atoms with Gasteiger partial charge in [0.1, 0.15) is 15.8 Å². The van der Waals surface area contributed by atoms with E-state index < -0.39 is 0 Å². The van der Waals surface area contributed by atoms with Crippen LogP contribution in [-0.2, 0) is 11.4 Å². The van der Waals surface area contributed by atoms with E-state index in [1.165, 1.54) is 11.8 Å². The van der Waals surface area contributed by atoms with Crippen LogP contribution in [0.2, 0.25) is 0 Å². The highest BCUT2D eigenvalue weighted by Gasteiger charge is 2.21. The van der Waals surface area contributed by atoms with E-state index in [-0.39, 0.29) is 12.5 Å². The van der Waals surface area contributed by atoms with Crippen molar-refractivity contribution in [3.05, 3.63) is 64.6 Å². The molecule has 0 aliphatic carbocycles. The lowest BCUT2D eigenvalue weighted by Crippen LogP contribution is -2.17. The third-order valence-electron chi connectivity index (χ3n) is 3.16. The topological polar surface area (TPSA) is 58.6 Å². The molecule has 23 heavy (non-hydrogen) atoms. The molecule has 0 saturated carbocycles. The SMILES string of the molecule is O=C1NC(=S)SC1=Cc1ccc(Oc2ccc(CO)cc2)cc1. The number of thiocarbonyl (C=S) groups is 1. The number of rotatable bonds is 4. The summed E-state index contributed by atoms with van der Waals surface area (Å²) >= 11 is 6.21. The molecule has 4 nitrogen and oxygen atoms in total. The second kappa shape index (κ2) is 6.95. The maximum atomic E-state index is 11.6. The highest BCUT2D eigenvalue weighted by Crippen LogP contribution is 2.27. The van der Waals surface area contributed by atoms with Crippen LogP contribution in [0.15, 0.2) is 53.4 Å². The number of hydrogen-bond donors (Lipinski definition) is 2. The lowest BCUT2D eigenvalue weighted by Gasteiger charge is -2.06. The van der Waals surface area contributed by atoms with Crippen LogP contribution in [-0.4, -0.2) is 15.3 Å². The summed E-state index contributed by atoms with van der Waals surface area (Å²) in [5.41, 5.74) is 1.74. The quantitative estimate of drug-likeness (QED) is 0.658. The first kappa shape index (κ1) is 15.7. The smallest absolute Gasteiger partial charge is 0.263 e. The predicted molar refractivity (Wildman–Crippen MR) is 95.2 cm³/mol. The highest BCUT2D eigenvalue weighted by atomic mass is 32.2. The van der Waals surface area contributed by atoms with Gasteiger partial charge in [-0.05, 0) is 41.5 Å². The van der Waals surface area contributed by atoms with Crippen LogP contribution < -0.4 is 10.1 Å². The van der Waals surface area contributed by atoms with Gasteiger partial charge in [-0.3, -0.25) is 4.79 Å². The van der Waals surface area contributed by atoms with Gasteiger partial charge in [0.05, 0.1) is 11.5 Å². The fourth-order valence-corrected chi connectivity index (χ4v) is 3.05. The number of ether oxygens (including phenoxy) is 1. The summed E-state index contributed by atoms with van der Waals surface area (Å²) in [6, 6.07) is 14.7. The van der Waals surface area contributed by atoms with Gasteiger partial charge < -0.3 is 15.2 Å². The van der Waals surface area contributed by atoms with Crippen molar-refractivity contribution < 1.29 is 14.6 Å². The Bertz CT molecular complexity index is 767. The van der Waals surface area contributed by atoms with E-state index in [9.17, 15) is 4.79 Å². The Labute approximate surface area is 143 Å². The van der Waals surface area contributed by atoms with Crippen molar-refractivity contribution in [2.45, 2.75) is 6.61 Å². The molecule has 3 rings (SSSR count). The average molecular weight is 343 g/mol. The molecule has 2 N–H and O–H groups in total. The largest absolute Gasteiger partial charge is 0.457 e. The fourth-order valence-electron chi connectivity index (χ4n) is 2.00. The van der Waals surface area contributed by atoms with Gasteiger partial charge in [0.2, 0.25) is 0 Å². The summed E-state index contributed by atoms with van der Waals surface area (Å²) < 4.78 is 6.21. The summed E-state index contributed by atoms with van der Waals surface area (Å²) in [7, 11) is 0. The molecule has 6 heteroatoms. The average Bonchev–Trinajstić information content (AvgIpc) is 2.87. The zero-order valence-corrected chi connectivity index (χ0v) is 13.6. The number of nitrogens with one attached hydrogen (secondary N) is 1. The number of thioether (sulfide) groups is 1. The molecule has 0 aromatic heterocycles. The van der Waals surface area contributed by atoms with E-state index in [1.807, 2.05) is 48.5 Å². The summed E-state index contributed by atoms with van der Waals surface area (Å²) in [6.07, 6.45) is 1.79. The van der Waals surface area contributed by atoms with Gasteiger partial charge in [0.25, 0.3) is 5.91 Å². The van der Waals surface area contributed by atoms with Crippen molar-refractivity contribution in [1.29, 1.82) is 0 Å². The lowest BCUT2D eigenvalue weighted by atomic mass is 10.2. The van der Waals surface area contributed by atoms with Crippen LogP contribution in [0.3, 0.4) is 0 Å². The Morgan fingerprint density at radius 3 is 2.22 bits per heavy atom. The van der Waals surface area contributed by atoms with Gasteiger partial charge in [-0.25, -0.2) is 0 Å². The van der Waals surface area contributed by atoms with Crippen molar-refractivity contribution in [3.63, 3.8) is 0 Å². The van der Waals surface area contributed by atoms with Gasteiger partial charge in [-0.2, -0.15) is 0 Å². The molecule has 0 spiro atoms. The van der Waals surface area contributed by atoms with Gasteiger partial charge in [0, 0.05) is 0 Å². The van der Waals surface area contributed by atoms with E-state index >= 15 is 0 Å². The Morgan fingerprint density at radius 2 is 1.70 bits per heavy atom. The molecule has 0 bridgehead atoms. The van der Waals surface area contributed by atoms with E-state index in [2.05, 4.69) is 5.32 Å². The second-order valence-corrected chi connectivity index (χ2v) is 6.54. The molecule has 1 aliphatic heterocycles. The molecule has 0 unspecified atom stereocenters. The summed E-state index contributed by atoms with van der Waals surface area (Å²) in [6.45, 7) is 0.0126. The van der Waals surface area contributed by atoms with Crippen LogP contribution in [0.1, 0.15) is 11.1 Å². The minimum Gasteiger partial charge on any atom is -0.457 e. The van der Waals surface area contributed by atoms with Crippen molar-refractivity contribution >= 4 is 40.3 Å². The number of benzene rings is 2. The Balaban J connectivity index is 1.70. The van der Waals surface area contributed by atoms with E-state index in [4.69, 9.17) is 22.1 Å². The molecule has 1 aliphatic rings.